The van der Waals surface area contributed by atoms with Crippen LogP contribution in [0.3, 0.4) is 0 Å². The van der Waals surface area contributed by atoms with Gasteiger partial charge >= 0.3 is 0 Å². The fraction of sp³-hybridized carbons (Fsp3) is 0.917. The van der Waals surface area contributed by atoms with Crippen molar-refractivity contribution in [2.45, 2.75) is 70.8 Å². The molecule has 0 heterocycles. The molecule has 1 saturated carbocycles. The topological polar surface area (TPSA) is 29.1 Å². The lowest BCUT2D eigenvalue weighted by atomic mass is 9.93. The van der Waals surface area contributed by atoms with Crippen LogP contribution in [0.2, 0.25) is 0 Å². The van der Waals surface area contributed by atoms with E-state index in [1.807, 2.05) is 0 Å². The first kappa shape index (κ1) is 11.5. The second kappa shape index (κ2) is 6.86. The first-order valence-electron chi connectivity index (χ1n) is 6.12. The van der Waals surface area contributed by atoms with Gasteiger partial charge in [0.15, 0.2) is 0 Å². The Balaban J connectivity index is 1.87. The second-order valence-corrected chi connectivity index (χ2v) is 4.36. The van der Waals surface area contributed by atoms with Crippen molar-refractivity contribution in [3.63, 3.8) is 0 Å². The molecule has 0 atom stereocenters. The number of carbonyl (C=O) groups excluding carboxylic acids is 1. The van der Waals surface area contributed by atoms with E-state index in [4.69, 9.17) is 0 Å². The predicted octanol–water partition coefficient (Wildman–Crippen LogP) is 3.02. The summed E-state index contributed by atoms with van der Waals surface area (Å²) in [4.78, 5) is 11.4. The number of rotatable bonds is 7. The van der Waals surface area contributed by atoms with Gasteiger partial charge in [-0.15, -0.1) is 0 Å². The highest BCUT2D eigenvalue weighted by molar-refractivity contribution is 5.76. The fourth-order valence-corrected chi connectivity index (χ4v) is 1.74. The van der Waals surface area contributed by atoms with E-state index in [0.717, 1.165) is 12.8 Å². The van der Waals surface area contributed by atoms with Crippen LogP contribution in [0.25, 0.3) is 0 Å². The lowest BCUT2D eigenvalue weighted by Gasteiger charge is -2.26. The molecule has 1 aliphatic rings. The van der Waals surface area contributed by atoms with Crippen molar-refractivity contribution in [2.24, 2.45) is 0 Å². The molecule has 0 unspecified atom stereocenters. The van der Waals surface area contributed by atoms with Gasteiger partial charge in [0.1, 0.15) is 0 Å². The minimum atomic E-state index is 0.270. The van der Waals surface area contributed by atoms with Gasteiger partial charge in [0.25, 0.3) is 0 Å². The van der Waals surface area contributed by atoms with Gasteiger partial charge in [-0.3, -0.25) is 4.79 Å². The molecule has 0 bridgehead atoms. The molecule has 1 rings (SSSR count). The molecule has 1 fully saturated rings. The van der Waals surface area contributed by atoms with Gasteiger partial charge in [-0.1, -0.05) is 32.6 Å². The third-order valence-electron chi connectivity index (χ3n) is 2.98. The third-order valence-corrected chi connectivity index (χ3v) is 2.98. The summed E-state index contributed by atoms with van der Waals surface area (Å²) < 4.78 is 0. The van der Waals surface area contributed by atoms with Crippen LogP contribution in [0, 0.1) is 0 Å². The summed E-state index contributed by atoms with van der Waals surface area (Å²) in [6, 6.07) is 0.512. The molecule has 14 heavy (non-hydrogen) atoms. The number of nitrogens with one attached hydrogen (secondary N) is 1. The van der Waals surface area contributed by atoms with Crippen molar-refractivity contribution in [1.82, 2.24) is 5.32 Å². The van der Waals surface area contributed by atoms with E-state index in [2.05, 4.69) is 12.2 Å². The zero-order valence-electron chi connectivity index (χ0n) is 9.35. The van der Waals surface area contributed by atoms with Crippen molar-refractivity contribution in [1.29, 1.82) is 0 Å². The van der Waals surface area contributed by atoms with Gasteiger partial charge in [-0.2, -0.15) is 0 Å². The molecule has 0 aromatic heterocycles. The van der Waals surface area contributed by atoms with E-state index in [-0.39, 0.29) is 5.91 Å². The average molecular weight is 197 g/mol. The Morgan fingerprint density at radius 2 is 1.93 bits per heavy atom. The molecule has 2 heteroatoms. The molecule has 0 saturated heterocycles. The number of hydrogen-bond acceptors (Lipinski definition) is 1. The van der Waals surface area contributed by atoms with Crippen molar-refractivity contribution < 1.29 is 4.79 Å². The van der Waals surface area contributed by atoms with E-state index >= 15 is 0 Å². The maximum absolute atomic E-state index is 11.4. The summed E-state index contributed by atoms with van der Waals surface area (Å²) in [5.41, 5.74) is 0. The Hall–Kier alpha value is -0.530. The Morgan fingerprint density at radius 3 is 2.50 bits per heavy atom. The van der Waals surface area contributed by atoms with Crippen LogP contribution in [0.1, 0.15) is 64.7 Å². The molecule has 0 aromatic carbocycles. The summed E-state index contributed by atoms with van der Waals surface area (Å²) in [6.07, 6.45) is 10.6. The lowest BCUT2D eigenvalue weighted by Crippen LogP contribution is -2.39. The molecule has 1 N–H and O–H groups in total. The van der Waals surface area contributed by atoms with Crippen LogP contribution in [0.4, 0.5) is 0 Å². The third kappa shape index (κ3) is 4.64. The molecule has 0 aromatic rings. The molecule has 1 amide bonds. The largest absolute Gasteiger partial charge is 0.353 e. The van der Waals surface area contributed by atoms with Gasteiger partial charge in [0.2, 0.25) is 5.91 Å². The zero-order valence-corrected chi connectivity index (χ0v) is 9.35. The molecule has 1 aliphatic carbocycles. The molecule has 0 radical (unpaired) electrons. The van der Waals surface area contributed by atoms with Crippen LogP contribution in [0.15, 0.2) is 0 Å². The molecular weight excluding hydrogens is 174 g/mol. The van der Waals surface area contributed by atoms with Crippen LogP contribution in [0.5, 0.6) is 0 Å². The Morgan fingerprint density at radius 1 is 1.21 bits per heavy atom. The van der Waals surface area contributed by atoms with E-state index < -0.39 is 0 Å². The van der Waals surface area contributed by atoms with Gasteiger partial charge in [-0.05, 0) is 25.7 Å². The van der Waals surface area contributed by atoms with Gasteiger partial charge in [0, 0.05) is 12.5 Å². The second-order valence-electron chi connectivity index (χ2n) is 4.36. The van der Waals surface area contributed by atoms with E-state index in [1.165, 1.54) is 44.9 Å². The first-order chi connectivity index (χ1) is 6.83. The molecule has 0 spiro atoms. The smallest absolute Gasteiger partial charge is 0.220 e. The summed E-state index contributed by atoms with van der Waals surface area (Å²) in [5.74, 6) is 0.270. The minimum absolute atomic E-state index is 0.270. The van der Waals surface area contributed by atoms with Crippen molar-refractivity contribution >= 4 is 5.91 Å². The standard InChI is InChI=1S/C12H23NO/c1-2-3-4-5-6-10-12(14)13-11-8-7-9-11/h11H,2-10H2,1H3,(H,13,14). The summed E-state index contributed by atoms with van der Waals surface area (Å²) in [5, 5.41) is 3.07. The van der Waals surface area contributed by atoms with E-state index in [0.29, 0.717) is 6.04 Å². The number of amides is 1. The summed E-state index contributed by atoms with van der Waals surface area (Å²) in [7, 11) is 0. The monoisotopic (exact) mass is 197 g/mol. The van der Waals surface area contributed by atoms with Gasteiger partial charge in [0.05, 0.1) is 0 Å². The maximum atomic E-state index is 11.4. The number of carbonyl (C=O) groups is 1. The first-order valence-corrected chi connectivity index (χ1v) is 6.12. The molecule has 82 valence electrons. The zero-order chi connectivity index (χ0) is 10.2. The number of hydrogen-bond donors (Lipinski definition) is 1. The van der Waals surface area contributed by atoms with Crippen LogP contribution >= 0.6 is 0 Å². The highest BCUT2D eigenvalue weighted by Crippen LogP contribution is 2.18. The highest BCUT2D eigenvalue weighted by Gasteiger charge is 2.18. The number of unbranched alkanes of at least 4 members (excludes halogenated alkanes) is 4. The Bertz CT molecular complexity index is 164. The van der Waals surface area contributed by atoms with Crippen LogP contribution in [-0.2, 0) is 4.79 Å². The summed E-state index contributed by atoms with van der Waals surface area (Å²) >= 11 is 0. The van der Waals surface area contributed by atoms with Gasteiger partial charge in [-0.25, -0.2) is 0 Å². The summed E-state index contributed by atoms with van der Waals surface area (Å²) in [6.45, 7) is 2.21. The van der Waals surface area contributed by atoms with Crippen molar-refractivity contribution in [3.05, 3.63) is 0 Å². The van der Waals surface area contributed by atoms with Crippen molar-refractivity contribution in [2.75, 3.05) is 0 Å². The fourth-order valence-electron chi connectivity index (χ4n) is 1.74. The molecule has 0 aliphatic heterocycles. The SMILES string of the molecule is CCCCCCCC(=O)NC1CCC1. The average Bonchev–Trinajstić information content (AvgIpc) is 2.11. The van der Waals surface area contributed by atoms with E-state index in [1.54, 1.807) is 0 Å². The van der Waals surface area contributed by atoms with Crippen molar-refractivity contribution in [3.8, 4) is 0 Å². The molecule has 2 nitrogen and oxygen atoms in total. The maximum Gasteiger partial charge on any atom is 0.220 e. The van der Waals surface area contributed by atoms with Crippen LogP contribution in [-0.4, -0.2) is 11.9 Å². The lowest BCUT2D eigenvalue weighted by molar-refractivity contribution is -0.122. The predicted molar refractivity (Wildman–Crippen MR) is 59.2 cm³/mol. The Kier molecular flexibility index (Phi) is 5.65. The highest BCUT2D eigenvalue weighted by atomic mass is 16.1. The minimum Gasteiger partial charge on any atom is -0.353 e. The Labute approximate surface area is 87.5 Å². The van der Waals surface area contributed by atoms with Crippen LogP contribution < -0.4 is 5.32 Å². The van der Waals surface area contributed by atoms with E-state index in [9.17, 15) is 4.79 Å². The van der Waals surface area contributed by atoms with Gasteiger partial charge < -0.3 is 5.32 Å². The normalized spacial score (nSPS) is 16.4. The molecular formula is C12H23NO. The quantitative estimate of drug-likeness (QED) is 0.624.